The maximum atomic E-state index is 11.6. The molecule has 1 amide bonds. The van der Waals surface area contributed by atoms with Crippen molar-refractivity contribution in [2.45, 2.75) is 20.3 Å². The number of anilines is 1. The molecule has 0 heterocycles. The second-order valence-corrected chi connectivity index (χ2v) is 3.78. The average molecular weight is 227 g/mol. The number of benzene rings is 1. The Hall–Kier alpha value is -2.33. The molecule has 0 fully saturated rings. The molecule has 1 atom stereocenters. The van der Waals surface area contributed by atoms with Gasteiger partial charge in [-0.3, -0.25) is 4.79 Å². The minimum Gasteiger partial charge on any atom is -0.326 e. The van der Waals surface area contributed by atoms with Crippen LogP contribution in [0.15, 0.2) is 18.2 Å². The van der Waals surface area contributed by atoms with Crippen LogP contribution in [0.3, 0.4) is 0 Å². The molecule has 0 saturated heterocycles. The number of hydrogen-bond donors (Lipinski definition) is 1. The highest BCUT2D eigenvalue weighted by Gasteiger charge is 2.11. The van der Waals surface area contributed by atoms with Gasteiger partial charge in [0, 0.05) is 11.6 Å². The van der Waals surface area contributed by atoms with E-state index in [9.17, 15) is 4.79 Å². The number of hydrogen-bond acceptors (Lipinski definition) is 3. The lowest BCUT2D eigenvalue weighted by atomic mass is 10.1. The summed E-state index contributed by atoms with van der Waals surface area (Å²) in [4.78, 5) is 11.6. The van der Waals surface area contributed by atoms with Gasteiger partial charge in [-0.15, -0.1) is 0 Å². The van der Waals surface area contributed by atoms with E-state index >= 15 is 0 Å². The van der Waals surface area contributed by atoms with Gasteiger partial charge >= 0.3 is 0 Å². The maximum absolute atomic E-state index is 11.6. The highest BCUT2D eigenvalue weighted by atomic mass is 16.1. The summed E-state index contributed by atoms with van der Waals surface area (Å²) >= 11 is 0. The molecule has 0 radical (unpaired) electrons. The number of amides is 1. The number of rotatable bonds is 3. The zero-order valence-corrected chi connectivity index (χ0v) is 9.82. The standard InChI is InChI=1S/C13H13N3O/c1-3-9(2)13(17)16-12-5-4-10(7-14)11(6-12)8-15/h4-6,9H,3H2,1-2H3,(H,16,17). The predicted molar refractivity (Wildman–Crippen MR) is 64.0 cm³/mol. The second kappa shape index (κ2) is 5.67. The summed E-state index contributed by atoms with van der Waals surface area (Å²) < 4.78 is 0. The SMILES string of the molecule is CCC(C)C(=O)Nc1ccc(C#N)c(C#N)c1. The van der Waals surface area contributed by atoms with E-state index in [-0.39, 0.29) is 17.4 Å². The molecule has 17 heavy (non-hydrogen) atoms. The molecule has 1 aromatic carbocycles. The van der Waals surface area contributed by atoms with Crippen molar-refractivity contribution in [3.63, 3.8) is 0 Å². The lowest BCUT2D eigenvalue weighted by Gasteiger charge is -2.10. The number of nitrogens with zero attached hydrogens (tertiary/aromatic N) is 2. The molecule has 0 bridgehead atoms. The third-order valence-corrected chi connectivity index (χ3v) is 2.59. The van der Waals surface area contributed by atoms with Crippen molar-refractivity contribution >= 4 is 11.6 Å². The van der Waals surface area contributed by atoms with E-state index in [0.29, 0.717) is 11.3 Å². The molecule has 4 nitrogen and oxygen atoms in total. The minimum absolute atomic E-state index is 0.0730. The van der Waals surface area contributed by atoms with E-state index in [1.807, 2.05) is 26.0 Å². The zero-order chi connectivity index (χ0) is 12.8. The van der Waals surface area contributed by atoms with Gasteiger partial charge in [0.25, 0.3) is 0 Å². The third-order valence-electron chi connectivity index (χ3n) is 2.59. The first-order chi connectivity index (χ1) is 8.12. The molecule has 86 valence electrons. The van der Waals surface area contributed by atoms with Crippen LogP contribution in [-0.4, -0.2) is 5.91 Å². The minimum atomic E-state index is -0.0823. The number of carbonyl (C=O) groups is 1. The van der Waals surface area contributed by atoms with Gasteiger partial charge in [0.15, 0.2) is 0 Å². The van der Waals surface area contributed by atoms with E-state index in [1.54, 1.807) is 6.07 Å². The fourth-order valence-electron chi connectivity index (χ4n) is 1.26. The van der Waals surface area contributed by atoms with Crippen LogP contribution >= 0.6 is 0 Å². The molecule has 0 aliphatic heterocycles. The quantitative estimate of drug-likeness (QED) is 0.861. The first-order valence-corrected chi connectivity index (χ1v) is 5.37. The van der Waals surface area contributed by atoms with Crippen LogP contribution in [0.2, 0.25) is 0 Å². The monoisotopic (exact) mass is 227 g/mol. The first-order valence-electron chi connectivity index (χ1n) is 5.37. The average Bonchev–Trinajstić information content (AvgIpc) is 2.37. The lowest BCUT2D eigenvalue weighted by Crippen LogP contribution is -2.19. The molecular formula is C13H13N3O. The van der Waals surface area contributed by atoms with Gasteiger partial charge in [-0.2, -0.15) is 10.5 Å². The van der Waals surface area contributed by atoms with Crippen molar-refractivity contribution in [2.24, 2.45) is 5.92 Å². The summed E-state index contributed by atoms with van der Waals surface area (Å²) in [5, 5.41) is 20.3. The molecule has 4 heteroatoms. The maximum Gasteiger partial charge on any atom is 0.227 e. The van der Waals surface area contributed by atoms with Crippen LogP contribution in [0.5, 0.6) is 0 Å². The number of nitrogens with one attached hydrogen (secondary N) is 1. The Bertz CT molecular complexity index is 508. The molecule has 0 aliphatic carbocycles. The van der Waals surface area contributed by atoms with Crippen molar-refractivity contribution < 1.29 is 4.79 Å². The molecular weight excluding hydrogens is 214 g/mol. The Morgan fingerprint density at radius 1 is 1.35 bits per heavy atom. The fraction of sp³-hybridized carbons (Fsp3) is 0.308. The highest BCUT2D eigenvalue weighted by Crippen LogP contribution is 2.16. The summed E-state index contributed by atoms with van der Waals surface area (Å²) in [6, 6.07) is 8.53. The molecule has 0 aromatic heterocycles. The predicted octanol–water partition coefficient (Wildman–Crippen LogP) is 2.41. The summed E-state index contributed by atoms with van der Waals surface area (Å²) in [7, 11) is 0. The van der Waals surface area contributed by atoms with E-state index in [0.717, 1.165) is 6.42 Å². The Labute approximate surface area is 100 Å². The topological polar surface area (TPSA) is 76.7 Å². The number of carbonyl (C=O) groups excluding carboxylic acids is 1. The molecule has 1 N–H and O–H groups in total. The van der Waals surface area contributed by atoms with Crippen molar-refractivity contribution in [3.05, 3.63) is 29.3 Å². The summed E-state index contributed by atoms with van der Waals surface area (Å²) in [5.41, 5.74) is 1.13. The first kappa shape index (κ1) is 12.7. The summed E-state index contributed by atoms with van der Waals surface area (Å²) in [5.74, 6) is -0.155. The largest absolute Gasteiger partial charge is 0.326 e. The lowest BCUT2D eigenvalue weighted by molar-refractivity contribution is -0.119. The van der Waals surface area contributed by atoms with E-state index in [1.165, 1.54) is 12.1 Å². The highest BCUT2D eigenvalue weighted by molar-refractivity contribution is 5.92. The normalized spacial score (nSPS) is 11.1. The molecule has 1 rings (SSSR count). The van der Waals surface area contributed by atoms with E-state index in [2.05, 4.69) is 5.32 Å². The van der Waals surface area contributed by atoms with Crippen LogP contribution in [0, 0.1) is 28.6 Å². The van der Waals surface area contributed by atoms with Gasteiger partial charge in [0.05, 0.1) is 11.1 Å². The van der Waals surface area contributed by atoms with Crippen LogP contribution in [-0.2, 0) is 4.79 Å². The molecule has 0 aliphatic rings. The molecule has 0 spiro atoms. The van der Waals surface area contributed by atoms with Crippen LogP contribution in [0.25, 0.3) is 0 Å². The van der Waals surface area contributed by atoms with Gasteiger partial charge in [-0.25, -0.2) is 0 Å². The molecule has 1 aromatic rings. The Balaban J connectivity index is 2.92. The Morgan fingerprint density at radius 3 is 2.53 bits per heavy atom. The van der Waals surface area contributed by atoms with E-state index in [4.69, 9.17) is 10.5 Å². The van der Waals surface area contributed by atoms with Crippen LogP contribution in [0.4, 0.5) is 5.69 Å². The van der Waals surface area contributed by atoms with Crippen LogP contribution in [0.1, 0.15) is 31.4 Å². The third kappa shape index (κ3) is 3.06. The molecule has 0 saturated carbocycles. The Kier molecular flexibility index (Phi) is 4.25. The van der Waals surface area contributed by atoms with Crippen molar-refractivity contribution in [1.82, 2.24) is 0 Å². The smallest absolute Gasteiger partial charge is 0.227 e. The van der Waals surface area contributed by atoms with Gasteiger partial charge in [-0.05, 0) is 24.6 Å². The van der Waals surface area contributed by atoms with Crippen LogP contribution < -0.4 is 5.32 Å². The Morgan fingerprint density at radius 2 is 2.00 bits per heavy atom. The summed E-state index contributed by atoms with van der Waals surface area (Å²) in [6.45, 7) is 3.77. The summed E-state index contributed by atoms with van der Waals surface area (Å²) in [6.07, 6.45) is 0.757. The van der Waals surface area contributed by atoms with Crippen molar-refractivity contribution in [2.75, 3.05) is 5.32 Å². The van der Waals surface area contributed by atoms with Gasteiger partial charge in [-0.1, -0.05) is 13.8 Å². The fourth-order valence-corrected chi connectivity index (χ4v) is 1.26. The van der Waals surface area contributed by atoms with E-state index < -0.39 is 0 Å². The van der Waals surface area contributed by atoms with Gasteiger partial charge in [0.1, 0.15) is 12.1 Å². The van der Waals surface area contributed by atoms with Crippen molar-refractivity contribution in [3.8, 4) is 12.1 Å². The number of nitriles is 2. The zero-order valence-electron chi connectivity index (χ0n) is 9.82. The van der Waals surface area contributed by atoms with Gasteiger partial charge in [0.2, 0.25) is 5.91 Å². The molecule has 1 unspecified atom stereocenters. The van der Waals surface area contributed by atoms with Crippen molar-refractivity contribution in [1.29, 1.82) is 10.5 Å². The second-order valence-electron chi connectivity index (χ2n) is 3.78. The van der Waals surface area contributed by atoms with Gasteiger partial charge < -0.3 is 5.32 Å².